The van der Waals surface area contributed by atoms with Gasteiger partial charge in [-0.05, 0) is 61.7 Å². The molecule has 5 aliphatic rings. The molecule has 0 aromatic heterocycles. The van der Waals surface area contributed by atoms with Crippen LogP contribution in [0.15, 0.2) is 23.8 Å². The quantitative estimate of drug-likeness (QED) is 0.363. The van der Waals surface area contributed by atoms with Crippen molar-refractivity contribution in [2.75, 3.05) is 0 Å². The molecule has 1 saturated heterocycles. The van der Waals surface area contributed by atoms with Crippen LogP contribution in [0.5, 0.6) is 0 Å². The van der Waals surface area contributed by atoms with E-state index in [4.69, 9.17) is 4.74 Å². The van der Waals surface area contributed by atoms with E-state index in [2.05, 4.69) is 12.6 Å². The lowest BCUT2D eigenvalue weighted by Gasteiger charge is -2.56. The molecule has 1 aliphatic heterocycles. The minimum Gasteiger partial charge on any atom is -0.385 e. The van der Waals surface area contributed by atoms with Crippen molar-refractivity contribution in [2.45, 2.75) is 68.9 Å². The van der Waals surface area contributed by atoms with Gasteiger partial charge in [-0.3, -0.25) is 4.79 Å². The Morgan fingerprint density at radius 1 is 1.33 bits per heavy atom. The van der Waals surface area contributed by atoms with Crippen molar-refractivity contribution in [3.05, 3.63) is 23.8 Å². The molecule has 27 heavy (non-hydrogen) atoms. The van der Waals surface area contributed by atoms with Gasteiger partial charge in [0.1, 0.15) is 22.8 Å². The number of fused-ring (bicyclic) bond motifs is 3. The maximum atomic E-state index is 15.3. The number of carbonyl (C=O) groups is 1. The third-order valence-electron chi connectivity index (χ3n) is 8.98. The van der Waals surface area contributed by atoms with Gasteiger partial charge in [-0.1, -0.05) is 19.9 Å². The molecule has 3 saturated carbocycles. The topological polar surface area (TPSA) is 70.1 Å². The van der Waals surface area contributed by atoms with Gasteiger partial charge in [0.05, 0.1) is 6.10 Å². The Morgan fingerprint density at radius 3 is 2.70 bits per heavy atom. The van der Waals surface area contributed by atoms with Gasteiger partial charge in [-0.15, -0.1) is 12.6 Å². The highest BCUT2D eigenvalue weighted by atomic mass is 32.1. The summed E-state index contributed by atoms with van der Waals surface area (Å²) in [4.78, 5) is 11.9. The van der Waals surface area contributed by atoms with Crippen molar-refractivity contribution >= 4 is 18.4 Å². The summed E-state index contributed by atoms with van der Waals surface area (Å²) in [5, 5.41) is 21.8. The predicted octanol–water partition coefficient (Wildman–Crippen LogP) is 2.60. The standard InChI is InChI=1S/C21H27FO4S/c1-10-6-12-13-8-15(22)14-7-11(23)4-5-18(14,2)21(13)16(26-21)9-19(12,3)20(10,25)17(24)27/h4-5,7,10,12-13,15-17,24-25,27H,6,8-9H2,1-3H3/t10-,12?,13?,15+,16+,17?,18+,19+,20+,21-/m1/s1. The van der Waals surface area contributed by atoms with Gasteiger partial charge in [0.15, 0.2) is 5.78 Å². The lowest BCUT2D eigenvalue weighted by molar-refractivity contribution is -0.156. The molecular weight excluding hydrogens is 367 g/mol. The number of ketones is 1. The summed E-state index contributed by atoms with van der Waals surface area (Å²) in [6, 6.07) is 0. The Balaban J connectivity index is 1.63. The molecule has 1 spiro atoms. The Bertz CT molecular complexity index is 795. The van der Waals surface area contributed by atoms with E-state index in [1.54, 1.807) is 0 Å². The number of hydrogen-bond acceptors (Lipinski definition) is 5. The fraction of sp³-hybridized carbons (Fsp3) is 0.762. The number of aliphatic hydroxyl groups is 2. The number of thiol groups is 1. The first-order valence-electron chi connectivity index (χ1n) is 9.88. The smallest absolute Gasteiger partial charge is 0.178 e. The van der Waals surface area contributed by atoms with Crippen molar-refractivity contribution in [2.24, 2.45) is 28.6 Å². The molecule has 0 bridgehead atoms. The lowest BCUT2D eigenvalue weighted by atomic mass is 9.46. The molecule has 5 rings (SSSR count). The zero-order chi connectivity index (χ0) is 19.6. The van der Waals surface area contributed by atoms with Gasteiger partial charge < -0.3 is 14.9 Å². The predicted molar refractivity (Wildman–Crippen MR) is 101 cm³/mol. The summed E-state index contributed by atoms with van der Waals surface area (Å²) in [6.07, 6.45) is 5.11. The van der Waals surface area contributed by atoms with Crippen LogP contribution in [-0.2, 0) is 9.53 Å². The van der Waals surface area contributed by atoms with Crippen molar-refractivity contribution in [3.8, 4) is 0 Å². The molecule has 10 atom stereocenters. The Hall–Kier alpha value is -0.690. The average molecular weight is 395 g/mol. The second kappa shape index (κ2) is 5.07. The van der Waals surface area contributed by atoms with E-state index in [0.29, 0.717) is 24.8 Å². The molecule has 3 unspecified atom stereocenters. The number of aliphatic hydroxyl groups excluding tert-OH is 1. The lowest BCUT2D eigenvalue weighted by Crippen LogP contribution is -2.63. The Kier molecular flexibility index (Phi) is 3.45. The van der Waals surface area contributed by atoms with Gasteiger partial charge in [0.25, 0.3) is 0 Å². The average Bonchev–Trinajstić information content (AvgIpc) is 3.27. The highest BCUT2D eigenvalue weighted by molar-refractivity contribution is 7.80. The normalized spacial score (nSPS) is 59.3. The summed E-state index contributed by atoms with van der Waals surface area (Å²) < 4.78 is 21.6. The Morgan fingerprint density at radius 2 is 2.04 bits per heavy atom. The van der Waals surface area contributed by atoms with Crippen molar-refractivity contribution in [3.63, 3.8) is 0 Å². The fourth-order valence-corrected chi connectivity index (χ4v) is 8.11. The van der Waals surface area contributed by atoms with Crippen LogP contribution in [0.4, 0.5) is 4.39 Å². The van der Waals surface area contributed by atoms with E-state index in [-0.39, 0.29) is 29.6 Å². The third kappa shape index (κ3) is 1.80. The molecule has 6 heteroatoms. The molecule has 4 fully saturated rings. The maximum Gasteiger partial charge on any atom is 0.178 e. The SMILES string of the molecule is C[C@@H]1CC2C3C[C@H](F)C4=CC(=O)C=C[C@]4(C)[C@@]34O[C@H]4C[C@]2(C)[C@@]1(O)C(O)S. The molecule has 2 N–H and O–H groups in total. The van der Waals surface area contributed by atoms with Gasteiger partial charge in [0, 0.05) is 10.8 Å². The minimum absolute atomic E-state index is 0.0284. The minimum atomic E-state index is -1.33. The molecule has 0 amide bonds. The van der Waals surface area contributed by atoms with Gasteiger partial charge in [-0.2, -0.15) is 0 Å². The number of halogens is 1. The van der Waals surface area contributed by atoms with E-state index in [0.717, 1.165) is 0 Å². The van der Waals surface area contributed by atoms with Gasteiger partial charge in [0.2, 0.25) is 0 Å². The first-order valence-corrected chi connectivity index (χ1v) is 10.4. The number of carbonyl (C=O) groups excluding carboxylic acids is 1. The summed E-state index contributed by atoms with van der Waals surface area (Å²) in [5.74, 6) is -0.346. The number of epoxide rings is 1. The van der Waals surface area contributed by atoms with Crippen LogP contribution in [0.3, 0.4) is 0 Å². The highest BCUT2D eigenvalue weighted by Gasteiger charge is 2.82. The number of alkyl halides is 1. The van der Waals surface area contributed by atoms with Crippen LogP contribution in [-0.4, -0.2) is 44.9 Å². The van der Waals surface area contributed by atoms with Gasteiger partial charge in [-0.25, -0.2) is 4.39 Å². The molecule has 4 aliphatic carbocycles. The number of ether oxygens (including phenoxy) is 1. The third-order valence-corrected chi connectivity index (χ3v) is 9.37. The van der Waals surface area contributed by atoms with Gasteiger partial charge >= 0.3 is 0 Å². The molecule has 0 radical (unpaired) electrons. The van der Waals surface area contributed by atoms with E-state index in [1.165, 1.54) is 12.2 Å². The fourth-order valence-electron chi connectivity index (χ4n) is 7.56. The van der Waals surface area contributed by atoms with Crippen LogP contribution >= 0.6 is 12.6 Å². The maximum absolute atomic E-state index is 15.3. The molecule has 4 nitrogen and oxygen atoms in total. The number of rotatable bonds is 1. The molecule has 0 aromatic carbocycles. The highest BCUT2D eigenvalue weighted by Crippen LogP contribution is 2.76. The van der Waals surface area contributed by atoms with Crippen LogP contribution in [0.2, 0.25) is 0 Å². The molecule has 0 aromatic rings. The summed E-state index contributed by atoms with van der Waals surface area (Å²) in [5.41, 5.74) is -3.70. The monoisotopic (exact) mass is 394 g/mol. The van der Waals surface area contributed by atoms with Crippen LogP contribution in [0.25, 0.3) is 0 Å². The van der Waals surface area contributed by atoms with E-state index in [1.807, 2.05) is 26.8 Å². The second-order valence-corrected chi connectivity index (χ2v) is 10.3. The Labute approximate surface area is 164 Å². The van der Waals surface area contributed by atoms with Crippen molar-refractivity contribution in [1.29, 1.82) is 0 Å². The zero-order valence-corrected chi connectivity index (χ0v) is 16.7. The second-order valence-electron chi connectivity index (χ2n) is 9.81. The first kappa shape index (κ1) is 18.3. The first-order chi connectivity index (χ1) is 12.5. The molecule has 1 heterocycles. The van der Waals surface area contributed by atoms with E-state index in [9.17, 15) is 15.0 Å². The zero-order valence-electron chi connectivity index (χ0n) is 15.9. The van der Waals surface area contributed by atoms with Crippen molar-refractivity contribution < 1.29 is 24.1 Å². The largest absolute Gasteiger partial charge is 0.385 e. The van der Waals surface area contributed by atoms with Crippen LogP contribution < -0.4 is 0 Å². The van der Waals surface area contributed by atoms with E-state index < -0.39 is 33.6 Å². The van der Waals surface area contributed by atoms with E-state index >= 15 is 4.39 Å². The summed E-state index contributed by atoms with van der Waals surface area (Å²) in [7, 11) is 0. The van der Waals surface area contributed by atoms with Crippen molar-refractivity contribution in [1.82, 2.24) is 0 Å². The molecule has 148 valence electrons. The molecular formula is C21H27FO4S. The number of allylic oxidation sites excluding steroid dienone is 2. The van der Waals surface area contributed by atoms with Crippen LogP contribution in [0.1, 0.15) is 40.0 Å². The summed E-state index contributed by atoms with van der Waals surface area (Å²) >= 11 is 4.22. The number of hydrogen-bond donors (Lipinski definition) is 3. The van der Waals surface area contributed by atoms with Crippen LogP contribution in [0, 0.1) is 28.6 Å². The summed E-state index contributed by atoms with van der Waals surface area (Å²) in [6.45, 7) is 5.94.